The van der Waals surface area contributed by atoms with E-state index < -0.39 is 0 Å². The Morgan fingerprint density at radius 3 is 2.69 bits per heavy atom. The van der Waals surface area contributed by atoms with Gasteiger partial charge in [0, 0.05) is 17.9 Å². The highest BCUT2D eigenvalue weighted by Crippen LogP contribution is 2.45. The maximum absolute atomic E-state index is 6.62. The standard InChI is InChI=1S/C14H22N2/c1-11-5-8-16-9-12(11)14(15)7-4-6-13(2,3)10-14/h5,8-9H,4,6-7,10,15H2,1-3H3. The maximum Gasteiger partial charge on any atom is 0.0432 e. The SMILES string of the molecule is Cc1ccncc1C1(N)CCCC(C)(C)C1. The Morgan fingerprint density at radius 1 is 1.31 bits per heavy atom. The highest BCUT2D eigenvalue weighted by Gasteiger charge is 2.39. The van der Waals surface area contributed by atoms with E-state index in [9.17, 15) is 0 Å². The van der Waals surface area contributed by atoms with Crippen molar-refractivity contribution in [2.45, 2.75) is 52.0 Å². The molecule has 0 aliphatic heterocycles. The van der Waals surface area contributed by atoms with Crippen molar-refractivity contribution in [1.29, 1.82) is 0 Å². The molecule has 0 radical (unpaired) electrons. The number of aromatic nitrogens is 1. The molecule has 1 saturated carbocycles. The minimum Gasteiger partial charge on any atom is -0.321 e. The van der Waals surface area contributed by atoms with E-state index in [2.05, 4.69) is 31.8 Å². The number of hydrogen-bond donors (Lipinski definition) is 1. The van der Waals surface area contributed by atoms with Crippen LogP contribution in [-0.4, -0.2) is 4.98 Å². The molecule has 0 amide bonds. The molecule has 1 aromatic rings. The first-order valence-corrected chi connectivity index (χ1v) is 6.13. The molecule has 2 heteroatoms. The predicted molar refractivity (Wildman–Crippen MR) is 67.1 cm³/mol. The number of aryl methyl sites for hydroxylation is 1. The molecular weight excluding hydrogens is 196 g/mol. The smallest absolute Gasteiger partial charge is 0.0432 e. The quantitative estimate of drug-likeness (QED) is 0.786. The lowest BCUT2D eigenvalue weighted by atomic mass is 9.66. The molecule has 0 spiro atoms. The molecule has 88 valence electrons. The van der Waals surface area contributed by atoms with Crippen LogP contribution in [0.2, 0.25) is 0 Å². The van der Waals surface area contributed by atoms with E-state index in [0.29, 0.717) is 5.41 Å². The molecule has 2 N–H and O–H groups in total. The Hall–Kier alpha value is -0.890. The van der Waals surface area contributed by atoms with E-state index in [1.165, 1.54) is 24.0 Å². The van der Waals surface area contributed by atoms with Crippen molar-refractivity contribution < 1.29 is 0 Å². The molecule has 0 aromatic carbocycles. The van der Waals surface area contributed by atoms with Gasteiger partial charge in [-0.05, 0) is 48.8 Å². The Kier molecular flexibility index (Phi) is 2.79. The van der Waals surface area contributed by atoms with Crippen LogP contribution in [0.4, 0.5) is 0 Å². The third-order valence-corrected chi connectivity index (χ3v) is 3.85. The largest absolute Gasteiger partial charge is 0.321 e. The van der Waals surface area contributed by atoms with E-state index in [1.807, 2.05) is 12.4 Å². The van der Waals surface area contributed by atoms with Gasteiger partial charge in [-0.3, -0.25) is 4.98 Å². The lowest BCUT2D eigenvalue weighted by Crippen LogP contribution is -2.44. The van der Waals surface area contributed by atoms with E-state index in [0.717, 1.165) is 12.8 Å². The Labute approximate surface area is 98.3 Å². The van der Waals surface area contributed by atoms with Crippen molar-refractivity contribution in [2.24, 2.45) is 11.1 Å². The van der Waals surface area contributed by atoms with Gasteiger partial charge >= 0.3 is 0 Å². The van der Waals surface area contributed by atoms with Crippen molar-refractivity contribution >= 4 is 0 Å². The minimum atomic E-state index is -0.167. The summed E-state index contributed by atoms with van der Waals surface area (Å²) in [5.41, 5.74) is 9.32. The number of hydrogen-bond acceptors (Lipinski definition) is 2. The van der Waals surface area contributed by atoms with Gasteiger partial charge in [0.25, 0.3) is 0 Å². The average molecular weight is 218 g/mol. The topological polar surface area (TPSA) is 38.9 Å². The lowest BCUT2D eigenvalue weighted by Gasteiger charge is -2.43. The molecular formula is C14H22N2. The molecule has 1 aliphatic rings. The van der Waals surface area contributed by atoms with Crippen LogP contribution < -0.4 is 5.73 Å². The summed E-state index contributed by atoms with van der Waals surface area (Å²) in [5.74, 6) is 0. The first kappa shape index (κ1) is 11.6. The van der Waals surface area contributed by atoms with Gasteiger partial charge in [-0.25, -0.2) is 0 Å². The highest BCUT2D eigenvalue weighted by atomic mass is 14.8. The van der Waals surface area contributed by atoms with Crippen LogP contribution in [0.15, 0.2) is 18.5 Å². The third-order valence-electron chi connectivity index (χ3n) is 3.85. The fraction of sp³-hybridized carbons (Fsp3) is 0.643. The number of nitrogens with two attached hydrogens (primary N) is 1. The molecule has 1 heterocycles. The van der Waals surface area contributed by atoms with Gasteiger partial charge in [0.2, 0.25) is 0 Å². The second-order valence-electron chi connectivity index (χ2n) is 6.04. The second kappa shape index (κ2) is 3.85. The molecule has 16 heavy (non-hydrogen) atoms. The van der Waals surface area contributed by atoms with Gasteiger partial charge in [-0.15, -0.1) is 0 Å². The van der Waals surface area contributed by atoms with Crippen LogP contribution in [0.1, 0.15) is 50.7 Å². The third kappa shape index (κ3) is 2.12. The lowest BCUT2D eigenvalue weighted by molar-refractivity contribution is 0.150. The normalized spacial score (nSPS) is 29.0. The second-order valence-corrected chi connectivity index (χ2v) is 6.04. The van der Waals surface area contributed by atoms with Gasteiger partial charge in [0.05, 0.1) is 0 Å². The average Bonchev–Trinajstić information content (AvgIpc) is 2.16. The summed E-state index contributed by atoms with van der Waals surface area (Å²) in [5, 5.41) is 0. The van der Waals surface area contributed by atoms with Crippen molar-refractivity contribution in [3.05, 3.63) is 29.6 Å². The Morgan fingerprint density at radius 2 is 2.06 bits per heavy atom. The first-order chi connectivity index (χ1) is 7.43. The maximum atomic E-state index is 6.62. The van der Waals surface area contributed by atoms with Crippen molar-refractivity contribution in [3.63, 3.8) is 0 Å². The van der Waals surface area contributed by atoms with Gasteiger partial charge in [-0.2, -0.15) is 0 Å². The van der Waals surface area contributed by atoms with E-state index in [-0.39, 0.29) is 5.54 Å². The van der Waals surface area contributed by atoms with Crippen molar-refractivity contribution in [2.75, 3.05) is 0 Å². The van der Waals surface area contributed by atoms with Crippen LogP contribution >= 0.6 is 0 Å². The van der Waals surface area contributed by atoms with E-state index >= 15 is 0 Å². The molecule has 1 fully saturated rings. The molecule has 0 bridgehead atoms. The summed E-state index contributed by atoms with van der Waals surface area (Å²) in [4.78, 5) is 4.23. The van der Waals surface area contributed by atoms with E-state index in [4.69, 9.17) is 5.73 Å². The zero-order valence-electron chi connectivity index (χ0n) is 10.6. The summed E-state index contributed by atoms with van der Waals surface area (Å²) in [6.45, 7) is 6.77. The zero-order valence-corrected chi connectivity index (χ0v) is 10.6. The Balaban J connectivity index is 2.35. The number of rotatable bonds is 1. The summed E-state index contributed by atoms with van der Waals surface area (Å²) in [6.07, 6.45) is 8.45. The summed E-state index contributed by atoms with van der Waals surface area (Å²) >= 11 is 0. The fourth-order valence-corrected chi connectivity index (χ4v) is 3.13. The van der Waals surface area contributed by atoms with E-state index in [1.54, 1.807) is 0 Å². The number of nitrogens with zero attached hydrogens (tertiary/aromatic N) is 1. The minimum absolute atomic E-state index is 0.167. The van der Waals surface area contributed by atoms with Gasteiger partial charge in [-0.1, -0.05) is 20.3 Å². The molecule has 2 nitrogen and oxygen atoms in total. The van der Waals surface area contributed by atoms with Crippen molar-refractivity contribution in [3.8, 4) is 0 Å². The molecule has 1 aliphatic carbocycles. The van der Waals surface area contributed by atoms with Crippen LogP contribution in [0.25, 0.3) is 0 Å². The Bertz CT molecular complexity index is 384. The van der Waals surface area contributed by atoms with Gasteiger partial charge < -0.3 is 5.73 Å². The first-order valence-electron chi connectivity index (χ1n) is 6.13. The van der Waals surface area contributed by atoms with Crippen LogP contribution in [-0.2, 0) is 5.54 Å². The zero-order chi connectivity index (χ0) is 11.8. The monoisotopic (exact) mass is 218 g/mol. The van der Waals surface area contributed by atoms with Crippen LogP contribution in [0, 0.1) is 12.3 Å². The van der Waals surface area contributed by atoms with Gasteiger partial charge in [0.1, 0.15) is 0 Å². The molecule has 1 atom stereocenters. The summed E-state index contributed by atoms with van der Waals surface area (Å²) < 4.78 is 0. The highest BCUT2D eigenvalue weighted by molar-refractivity contribution is 5.30. The predicted octanol–water partition coefficient (Wildman–Crippen LogP) is 3.14. The fourth-order valence-electron chi connectivity index (χ4n) is 3.13. The molecule has 1 unspecified atom stereocenters. The molecule has 2 rings (SSSR count). The number of pyridine rings is 1. The van der Waals surface area contributed by atoms with Crippen LogP contribution in [0.5, 0.6) is 0 Å². The molecule has 0 saturated heterocycles. The molecule has 1 aromatic heterocycles. The summed E-state index contributed by atoms with van der Waals surface area (Å²) in [7, 11) is 0. The van der Waals surface area contributed by atoms with Crippen molar-refractivity contribution in [1.82, 2.24) is 4.98 Å². The van der Waals surface area contributed by atoms with Gasteiger partial charge in [0.15, 0.2) is 0 Å². The van der Waals surface area contributed by atoms with Crippen LogP contribution in [0.3, 0.4) is 0 Å². The summed E-state index contributed by atoms with van der Waals surface area (Å²) in [6, 6.07) is 2.06.